The van der Waals surface area contributed by atoms with Crippen LogP contribution < -0.4 is 0 Å². The van der Waals surface area contributed by atoms with Crippen molar-refractivity contribution in [1.29, 1.82) is 0 Å². The topological polar surface area (TPSA) is 39.9 Å². The number of aliphatic hydroxyl groups is 1. The van der Waals surface area contributed by atoms with Crippen LogP contribution in [0.5, 0.6) is 0 Å². The maximum atomic E-state index is 9.88. The Morgan fingerprint density at radius 2 is 2.13 bits per heavy atom. The van der Waals surface area contributed by atoms with Crippen LogP contribution in [-0.2, 0) is 0 Å². The van der Waals surface area contributed by atoms with Gasteiger partial charge in [-0.25, -0.2) is 0 Å². The Morgan fingerprint density at radius 1 is 1.40 bits per heavy atom. The van der Waals surface area contributed by atoms with E-state index in [1.165, 1.54) is 0 Å². The second-order valence-corrected chi connectivity index (χ2v) is 4.14. The maximum Gasteiger partial charge on any atom is 0.133 e. The fraction of sp³-hybridized carbons (Fsp3) is 0.636. The van der Waals surface area contributed by atoms with E-state index < -0.39 is 6.10 Å². The zero-order chi connectivity index (χ0) is 10.7. The molecule has 1 unspecified atom stereocenters. The molecule has 0 spiro atoms. The minimum atomic E-state index is -0.497. The van der Waals surface area contributed by atoms with Gasteiger partial charge in [-0.05, 0) is 19.2 Å². The highest BCUT2D eigenvalue weighted by atomic mass is 16.4. The Balaban J connectivity index is 1.82. The predicted molar refractivity (Wildman–Crippen MR) is 57.6 cm³/mol. The van der Waals surface area contributed by atoms with E-state index >= 15 is 0 Å². The summed E-state index contributed by atoms with van der Waals surface area (Å²) in [6.07, 6.45) is 1.10. The lowest BCUT2D eigenvalue weighted by Gasteiger charge is -2.33. The van der Waals surface area contributed by atoms with E-state index in [0.717, 1.165) is 26.2 Å². The van der Waals surface area contributed by atoms with E-state index in [-0.39, 0.29) is 0 Å². The molecule has 0 saturated carbocycles. The van der Waals surface area contributed by atoms with E-state index in [1.54, 1.807) is 6.26 Å². The largest absolute Gasteiger partial charge is 0.467 e. The molecular formula is C11H18N2O2. The fourth-order valence-corrected chi connectivity index (χ4v) is 1.85. The van der Waals surface area contributed by atoms with Gasteiger partial charge in [0.2, 0.25) is 0 Å². The van der Waals surface area contributed by atoms with Crippen LogP contribution in [0.15, 0.2) is 22.8 Å². The zero-order valence-electron chi connectivity index (χ0n) is 9.09. The van der Waals surface area contributed by atoms with E-state index in [9.17, 15) is 5.11 Å². The van der Waals surface area contributed by atoms with Gasteiger partial charge in [0.25, 0.3) is 0 Å². The number of rotatable bonds is 3. The third-order valence-corrected chi connectivity index (χ3v) is 2.90. The molecule has 0 bridgehead atoms. The molecule has 1 aliphatic rings. The number of aliphatic hydroxyl groups excluding tert-OH is 1. The van der Waals surface area contributed by atoms with Crippen molar-refractivity contribution in [2.24, 2.45) is 0 Å². The summed E-state index contributed by atoms with van der Waals surface area (Å²) < 4.78 is 5.17. The van der Waals surface area contributed by atoms with Crippen molar-refractivity contribution in [2.75, 3.05) is 39.8 Å². The van der Waals surface area contributed by atoms with Gasteiger partial charge in [-0.15, -0.1) is 0 Å². The van der Waals surface area contributed by atoms with E-state index in [2.05, 4.69) is 16.8 Å². The van der Waals surface area contributed by atoms with Gasteiger partial charge in [0.1, 0.15) is 11.9 Å². The molecule has 1 aromatic rings. The van der Waals surface area contributed by atoms with Crippen LogP contribution in [0.3, 0.4) is 0 Å². The van der Waals surface area contributed by atoms with Crippen molar-refractivity contribution in [3.63, 3.8) is 0 Å². The van der Waals surface area contributed by atoms with Crippen molar-refractivity contribution in [3.05, 3.63) is 24.2 Å². The van der Waals surface area contributed by atoms with Gasteiger partial charge >= 0.3 is 0 Å². The van der Waals surface area contributed by atoms with Crippen molar-refractivity contribution >= 4 is 0 Å². The van der Waals surface area contributed by atoms with Gasteiger partial charge in [-0.1, -0.05) is 0 Å². The van der Waals surface area contributed by atoms with Crippen molar-refractivity contribution in [1.82, 2.24) is 9.80 Å². The highest BCUT2D eigenvalue weighted by Gasteiger charge is 2.18. The minimum Gasteiger partial charge on any atom is -0.467 e. The zero-order valence-corrected chi connectivity index (χ0v) is 9.09. The number of β-amino-alcohol motifs (C(OH)–C–C–N with tert-alkyl or cyclic N) is 1. The van der Waals surface area contributed by atoms with Crippen LogP contribution in [0.4, 0.5) is 0 Å². The molecular weight excluding hydrogens is 192 g/mol. The van der Waals surface area contributed by atoms with Crippen LogP contribution in [-0.4, -0.2) is 54.7 Å². The van der Waals surface area contributed by atoms with Gasteiger partial charge < -0.3 is 14.4 Å². The average Bonchev–Trinajstić information content (AvgIpc) is 2.74. The Bertz CT molecular complexity index is 279. The second-order valence-electron chi connectivity index (χ2n) is 4.14. The highest BCUT2D eigenvalue weighted by molar-refractivity contribution is 5.02. The predicted octanol–water partition coefficient (Wildman–Crippen LogP) is 0.560. The average molecular weight is 210 g/mol. The number of likely N-dealkylation sites (N-methyl/N-ethyl adjacent to an activating group) is 1. The molecule has 15 heavy (non-hydrogen) atoms. The molecule has 84 valence electrons. The maximum absolute atomic E-state index is 9.88. The molecule has 1 atom stereocenters. The molecule has 0 radical (unpaired) electrons. The summed E-state index contributed by atoms with van der Waals surface area (Å²) in [4.78, 5) is 4.57. The Morgan fingerprint density at radius 3 is 2.73 bits per heavy atom. The SMILES string of the molecule is CN1CCN(CC(O)c2ccco2)CC1. The number of furan rings is 1. The molecule has 2 rings (SSSR count). The van der Waals surface area contributed by atoms with Gasteiger partial charge in [0.15, 0.2) is 0 Å². The van der Waals surface area contributed by atoms with Gasteiger partial charge in [0, 0.05) is 32.7 Å². The first kappa shape index (κ1) is 10.7. The lowest BCUT2D eigenvalue weighted by atomic mass is 10.2. The summed E-state index contributed by atoms with van der Waals surface area (Å²) in [6, 6.07) is 3.63. The van der Waals surface area contributed by atoms with Gasteiger partial charge in [-0.2, -0.15) is 0 Å². The van der Waals surface area contributed by atoms with Crippen molar-refractivity contribution < 1.29 is 9.52 Å². The molecule has 1 aromatic heterocycles. The van der Waals surface area contributed by atoms with Gasteiger partial charge in [0.05, 0.1) is 6.26 Å². The summed E-state index contributed by atoms with van der Waals surface area (Å²) in [5.74, 6) is 0.661. The Hall–Kier alpha value is -0.840. The Kier molecular flexibility index (Phi) is 3.41. The molecule has 0 amide bonds. The molecule has 1 saturated heterocycles. The third kappa shape index (κ3) is 2.81. The number of hydrogen-bond donors (Lipinski definition) is 1. The number of hydrogen-bond acceptors (Lipinski definition) is 4. The third-order valence-electron chi connectivity index (χ3n) is 2.90. The normalized spacial score (nSPS) is 21.7. The van der Waals surface area contributed by atoms with Gasteiger partial charge in [-0.3, -0.25) is 4.90 Å². The fourth-order valence-electron chi connectivity index (χ4n) is 1.85. The van der Waals surface area contributed by atoms with E-state index in [1.807, 2.05) is 12.1 Å². The quantitative estimate of drug-likeness (QED) is 0.791. The molecule has 1 N–H and O–H groups in total. The first-order valence-electron chi connectivity index (χ1n) is 5.38. The summed E-state index contributed by atoms with van der Waals surface area (Å²) in [7, 11) is 2.13. The van der Waals surface area contributed by atoms with Crippen LogP contribution in [0, 0.1) is 0 Å². The molecule has 4 nitrogen and oxygen atoms in total. The summed E-state index contributed by atoms with van der Waals surface area (Å²) in [6.45, 7) is 4.86. The highest BCUT2D eigenvalue weighted by Crippen LogP contribution is 2.15. The van der Waals surface area contributed by atoms with Crippen LogP contribution in [0.2, 0.25) is 0 Å². The number of nitrogens with zero attached hydrogens (tertiary/aromatic N) is 2. The van der Waals surface area contributed by atoms with E-state index in [0.29, 0.717) is 12.3 Å². The summed E-state index contributed by atoms with van der Waals surface area (Å²) in [5.41, 5.74) is 0. The van der Waals surface area contributed by atoms with Crippen LogP contribution >= 0.6 is 0 Å². The van der Waals surface area contributed by atoms with Crippen molar-refractivity contribution in [3.8, 4) is 0 Å². The molecule has 0 aromatic carbocycles. The smallest absolute Gasteiger partial charge is 0.133 e. The monoisotopic (exact) mass is 210 g/mol. The molecule has 0 aliphatic carbocycles. The molecule has 4 heteroatoms. The second kappa shape index (κ2) is 4.79. The number of piperazine rings is 1. The molecule has 1 fully saturated rings. The van der Waals surface area contributed by atoms with Crippen molar-refractivity contribution in [2.45, 2.75) is 6.10 Å². The first-order chi connectivity index (χ1) is 7.25. The lowest BCUT2D eigenvalue weighted by molar-refractivity contribution is 0.0683. The summed E-state index contributed by atoms with van der Waals surface area (Å²) in [5, 5.41) is 9.88. The summed E-state index contributed by atoms with van der Waals surface area (Å²) >= 11 is 0. The van der Waals surface area contributed by atoms with E-state index in [4.69, 9.17) is 4.42 Å². The lowest BCUT2D eigenvalue weighted by Crippen LogP contribution is -2.45. The minimum absolute atomic E-state index is 0.497. The first-order valence-corrected chi connectivity index (χ1v) is 5.38. The molecule has 1 aliphatic heterocycles. The van der Waals surface area contributed by atoms with Crippen LogP contribution in [0.1, 0.15) is 11.9 Å². The standard InChI is InChI=1S/C11H18N2O2/c1-12-4-6-13(7-5-12)9-10(14)11-3-2-8-15-11/h2-3,8,10,14H,4-7,9H2,1H3. The molecule has 2 heterocycles. The van der Waals surface area contributed by atoms with Crippen LogP contribution in [0.25, 0.3) is 0 Å². The Labute approximate surface area is 90.1 Å².